The molecule has 0 heterocycles. The van der Waals surface area contributed by atoms with E-state index >= 15 is 0 Å². The van der Waals surface area contributed by atoms with Gasteiger partial charge in [-0.3, -0.25) is 0 Å². The number of nitrogens with zero attached hydrogens (tertiary/aromatic N) is 2. The zero-order valence-electron chi connectivity index (χ0n) is 26.0. The van der Waals surface area contributed by atoms with Crippen LogP contribution in [0.2, 0.25) is 0 Å². The highest BCUT2D eigenvalue weighted by atomic mass is 15.2. The maximum atomic E-state index is 2.40. The lowest BCUT2D eigenvalue weighted by Crippen LogP contribution is -2.37. The average Bonchev–Trinajstić information content (AvgIpc) is 2.99. The van der Waals surface area contributed by atoms with Gasteiger partial charge in [0.05, 0.1) is 0 Å². The maximum Gasteiger partial charge on any atom is 0.0462 e. The van der Waals surface area contributed by atoms with Crippen LogP contribution in [0.1, 0.15) is 59.9 Å². The highest BCUT2D eigenvalue weighted by molar-refractivity contribution is 5.79. The minimum atomic E-state index is -0.0463. The van der Waals surface area contributed by atoms with Crippen molar-refractivity contribution in [2.45, 2.75) is 65.3 Å². The Hall–Kier alpha value is -4.30. The summed E-state index contributed by atoms with van der Waals surface area (Å²) in [4.78, 5) is 4.73. The van der Waals surface area contributed by atoms with Crippen LogP contribution in [0.15, 0.2) is 133 Å². The molecule has 0 saturated heterocycles. The lowest BCUT2D eigenvalue weighted by atomic mass is 9.81. The van der Waals surface area contributed by atoms with Crippen molar-refractivity contribution in [2.24, 2.45) is 0 Å². The van der Waals surface area contributed by atoms with Crippen molar-refractivity contribution >= 4 is 28.4 Å². The molecule has 2 heteroatoms. The van der Waals surface area contributed by atoms with Gasteiger partial charge in [-0.1, -0.05) is 100.0 Å². The highest BCUT2D eigenvalue weighted by Gasteiger charge is 2.24. The molecule has 0 spiro atoms. The second kappa shape index (κ2) is 12.3. The van der Waals surface area contributed by atoms with E-state index in [4.69, 9.17) is 0 Å². The molecule has 42 heavy (non-hydrogen) atoms. The number of hydrogen-bond donors (Lipinski definition) is 0. The first-order chi connectivity index (χ1) is 20.2. The first-order valence-corrected chi connectivity index (χ1v) is 15.2. The van der Waals surface area contributed by atoms with E-state index in [0.29, 0.717) is 0 Å². The van der Waals surface area contributed by atoms with E-state index in [1.54, 1.807) is 0 Å². The predicted molar refractivity (Wildman–Crippen MR) is 183 cm³/mol. The van der Waals surface area contributed by atoms with Crippen LogP contribution in [0.3, 0.4) is 0 Å². The molecule has 0 radical (unpaired) electrons. The summed E-state index contributed by atoms with van der Waals surface area (Å²) in [5.74, 6) is 0. The standard InChI is InChI=1S/C40H44N2/c1-7-30-40(5,6)33-22-28-36(29-23-33)41(34-14-10-8-11-15-34)35-24-18-31(19-25-35)32-20-26-38(27-21-32)42(39(2,3)4)37-16-12-9-13-17-37/h8-29H,7,30H2,1-6H3. The van der Waals surface area contributed by atoms with Crippen LogP contribution in [-0.4, -0.2) is 5.54 Å². The summed E-state index contributed by atoms with van der Waals surface area (Å²) in [5, 5.41) is 0. The van der Waals surface area contributed by atoms with Gasteiger partial charge < -0.3 is 9.80 Å². The number of hydrogen-bond acceptors (Lipinski definition) is 2. The fourth-order valence-corrected chi connectivity index (χ4v) is 5.96. The summed E-state index contributed by atoms with van der Waals surface area (Å²) < 4.78 is 0. The second-order valence-corrected chi connectivity index (χ2v) is 12.8. The molecule has 5 aromatic carbocycles. The summed E-state index contributed by atoms with van der Waals surface area (Å²) in [7, 11) is 0. The lowest BCUT2D eigenvalue weighted by molar-refractivity contribution is 0.473. The molecule has 214 valence electrons. The molecule has 0 bridgehead atoms. The van der Waals surface area contributed by atoms with E-state index in [9.17, 15) is 0 Å². The molecule has 0 fully saturated rings. The number of benzene rings is 5. The molecule has 0 N–H and O–H groups in total. The van der Waals surface area contributed by atoms with E-state index < -0.39 is 0 Å². The smallest absolute Gasteiger partial charge is 0.0462 e. The van der Waals surface area contributed by atoms with Crippen molar-refractivity contribution in [1.82, 2.24) is 0 Å². The Morgan fingerprint density at radius 3 is 1.29 bits per heavy atom. The van der Waals surface area contributed by atoms with Gasteiger partial charge in [0, 0.05) is 34.0 Å². The fraction of sp³-hybridized carbons (Fsp3) is 0.250. The largest absolute Gasteiger partial charge is 0.336 e. The van der Waals surface area contributed by atoms with Crippen LogP contribution < -0.4 is 9.80 Å². The first kappa shape index (κ1) is 29.2. The Kier molecular flexibility index (Phi) is 8.54. The van der Waals surface area contributed by atoms with Gasteiger partial charge in [0.1, 0.15) is 0 Å². The second-order valence-electron chi connectivity index (χ2n) is 12.8. The zero-order valence-corrected chi connectivity index (χ0v) is 26.0. The van der Waals surface area contributed by atoms with Gasteiger partial charge in [-0.05, 0) is 110 Å². The fourth-order valence-electron chi connectivity index (χ4n) is 5.96. The third kappa shape index (κ3) is 6.44. The number of para-hydroxylation sites is 2. The lowest BCUT2D eigenvalue weighted by Gasteiger charge is -2.38. The molecule has 0 amide bonds. The zero-order chi connectivity index (χ0) is 29.7. The molecule has 2 nitrogen and oxygen atoms in total. The molecular weight excluding hydrogens is 508 g/mol. The molecular formula is C40H44N2. The van der Waals surface area contributed by atoms with Crippen molar-refractivity contribution in [3.05, 3.63) is 139 Å². The van der Waals surface area contributed by atoms with Crippen molar-refractivity contribution in [1.29, 1.82) is 0 Å². The van der Waals surface area contributed by atoms with Crippen LogP contribution in [0, 0.1) is 0 Å². The average molecular weight is 553 g/mol. The summed E-state index contributed by atoms with van der Waals surface area (Å²) in [6.07, 6.45) is 2.36. The minimum absolute atomic E-state index is 0.0463. The van der Waals surface area contributed by atoms with Crippen LogP contribution in [-0.2, 0) is 5.41 Å². The Balaban J connectivity index is 1.44. The molecule has 5 aromatic rings. The van der Waals surface area contributed by atoms with Crippen LogP contribution in [0.5, 0.6) is 0 Å². The molecule has 0 aliphatic heterocycles. The van der Waals surface area contributed by atoms with Crippen molar-refractivity contribution < 1.29 is 0 Å². The van der Waals surface area contributed by atoms with Gasteiger partial charge >= 0.3 is 0 Å². The van der Waals surface area contributed by atoms with E-state index in [1.807, 2.05) is 0 Å². The van der Waals surface area contributed by atoms with E-state index in [-0.39, 0.29) is 11.0 Å². The normalized spacial score (nSPS) is 11.8. The Labute approximate surface area is 253 Å². The third-order valence-corrected chi connectivity index (χ3v) is 8.07. The maximum absolute atomic E-state index is 2.40. The SMILES string of the molecule is CCCC(C)(C)c1ccc(N(c2ccccc2)c2ccc(-c3ccc(N(c4ccccc4)C(C)(C)C)cc3)cc2)cc1. The molecule has 5 rings (SSSR count). The van der Waals surface area contributed by atoms with Crippen LogP contribution >= 0.6 is 0 Å². The third-order valence-electron chi connectivity index (χ3n) is 8.07. The molecule has 0 saturated carbocycles. The van der Waals surface area contributed by atoms with E-state index in [0.717, 1.165) is 17.1 Å². The topological polar surface area (TPSA) is 6.48 Å². The predicted octanol–water partition coefficient (Wildman–Crippen LogP) is 11.8. The van der Waals surface area contributed by atoms with Crippen LogP contribution in [0.25, 0.3) is 11.1 Å². The Bertz CT molecular complexity index is 1540. The van der Waals surface area contributed by atoms with Gasteiger partial charge in [-0.25, -0.2) is 0 Å². The van der Waals surface area contributed by atoms with Crippen molar-refractivity contribution in [2.75, 3.05) is 9.80 Å². The van der Waals surface area contributed by atoms with Gasteiger partial charge in [0.2, 0.25) is 0 Å². The summed E-state index contributed by atoms with van der Waals surface area (Å²) in [6, 6.07) is 48.3. The van der Waals surface area contributed by atoms with Gasteiger partial charge in [0.15, 0.2) is 0 Å². The van der Waals surface area contributed by atoms with Gasteiger partial charge in [-0.15, -0.1) is 0 Å². The van der Waals surface area contributed by atoms with Crippen LogP contribution in [0.4, 0.5) is 28.4 Å². The quantitative estimate of drug-likeness (QED) is 0.179. The number of rotatable bonds is 9. The van der Waals surface area contributed by atoms with Crippen molar-refractivity contribution in [3.8, 4) is 11.1 Å². The summed E-state index contributed by atoms with van der Waals surface area (Å²) >= 11 is 0. The van der Waals surface area contributed by atoms with Crippen molar-refractivity contribution in [3.63, 3.8) is 0 Å². The molecule has 0 unspecified atom stereocenters. The molecule has 0 atom stereocenters. The Morgan fingerprint density at radius 1 is 0.452 bits per heavy atom. The molecule has 0 aliphatic carbocycles. The van der Waals surface area contributed by atoms with Gasteiger partial charge in [0.25, 0.3) is 0 Å². The van der Waals surface area contributed by atoms with Gasteiger partial charge in [-0.2, -0.15) is 0 Å². The summed E-state index contributed by atoms with van der Waals surface area (Å²) in [6.45, 7) is 13.7. The summed E-state index contributed by atoms with van der Waals surface area (Å²) in [5.41, 5.74) is 9.78. The molecule has 0 aliphatic rings. The van der Waals surface area contributed by atoms with E-state index in [1.165, 1.54) is 40.9 Å². The highest BCUT2D eigenvalue weighted by Crippen LogP contribution is 2.38. The molecule has 0 aromatic heterocycles. The van der Waals surface area contributed by atoms with E-state index in [2.05, 4.69) is 185 Å². The first-order valence-electron chi connectivity index (χ1n) is 15.2. The monoisotopic (exact) mass is 552 g/mol. The number of anilines is 5. The minimum Gasteiger partial charge on any atom is -0.336 e. The Morgan fingerprint density at radius 2 is 0.833 bits per heavy atom.